The first-order valence-electron chi connectivity index (χ1n) is 4.46. The highest BCUT2D eigenvalue weighted by Crippen LogP contribution is 2.45. The molecule has 0 spiro atoms. The Morgan fingerprint density at radius 1 is 1.53 bits per heavy atom. The number of carbonyl (C=O) groups is 2. The highest BCUT2D eigenvalue weighted by atomic mass is 32.2. The molecule has 0 N–H and O–H groups in total. The molecule has 1 amide bonds. The quantitative estimate of drug-likeness (QED) is 0.481. The molecule has 0 saturated carbocycles. The zero-order valence-corrected chi connectivity index (χ0v) is 9.08. The SMILES string of the molecule is CC1(C)[C@H](C(=O)[O-])N2C(=O)CC2S1(=O)=O. The molecule has 2 rings (SSSR count). The third-order valence-electron chi connectivity index (χ3n) is 3.20. The molecule has 0 bridgehead atoms. The number of sulfone groups is 1. The Morgan fingerprint density at radius 3 is 2.40 bits per heavy atom. The van der Waals surface area contributed by atoms with Gasteiger partial charge in [-0.15, -0.1) is 0 Å². The summed E-state index contributed by atoms with van der Waals surface area (Å²) in [4.78, 5) is 23.0. The van der Waals surface area contributed by atoms with Crippen molar-refractivity contribution in [3.8, 4) is 0 Å². The molecule has 6 nitrogen and oxygen atoms in total. The number of hydrogen-bond acceptors (Lipinski definition) is 5. The van der Waals surface area contributed by atoms with Crippen molar-refractivity contribution >= 4 is 21.7 Å². The average molecular weight is 232 g/mol. The van der Waals surface area contributed by atoms with Gasteiger partial charge in [-0.25, -0.2) is 8.42 Å². The first kappa shape index (κ1) is 10.4. The number of fused-ring (bicyclic) bond motifs is 1. The van der Waals surface area contributed by atoms with Gasteiger partial charge in [-0.05, 0) is 13.8 Å². The van der Waals surface area contributed by atoms with Gasteiger partial charge in [0.1, 0.15) is 5.37 Å². The van der Waals surface area contributed by atoms with Gasteiger partial charge < -0.3 is 14.8 Å². The van der Waals surface area contributed by atoms with E-state index >= 15 is 0 Å². The summed E-state index contributed by atoms with van der Waals surface area (Å²) in [5.41, 5.74) is 0. The Labute approximate surface area is 86.8 Å². The van der Waals surface area contributed by atoms with E-state index in [1.54, 1.807) is 0 Å². The summed E-state index contributed by atoms with van der Waals surface area (Å²) in [6, 6.07) is -1.37. The average Bonchev–Trinajstić information content (AvgIpc) is 2.19. The molecule has 0 radical (unpaired) electrons. The monoisotopic (exact) mass is 232 g/mol. The lowest BCUT2D eigenvalue weighted by Crippen LogP contribution is -2.60. The molecular weight excluding hydrogens is 222 g/mol. The largest absolute Gasteiger partial charge is 0.548 e. The Bertz CT molecular complexity index is 452. The van der Waals surface area contributed by atoms with Crippen LogP contribution in [-0.4, -0.2) is 41.4 Å². The number of hydrogen-bond donors (Lipinski definition) is 0. The Morgan fingerprint density at radius 2 is 2.07 bits per heavy atom. The maximum Gasteiger partial charge on any atom is 0.227 e. The first-order chi connectivity index (χ1) is 6.71. The molecule has 7 heteroatoms. The topological polar surface area (TPSA) is 94.6 Å². The van der Waals surface area contributed by atoms with Gasteiger partial charge in [-0.3, -0.25) is 4.79 Å². The second-order valence-corrected chi connectivity index (χ2v) is 7.02. The van der Waals surface area contributed by atoms with Gasteiger partial charge in [-0.1, -0.05) is 0 Å². The lowest BCUT2D eigenvalue weighted by molar-refractivity contribution is -0.312. The smallest absolute Gasteiger partial charge is 0.227 e. The number of aliphatic carboxylic acids is 1. The highest BCUT2D eigenvalue weighted by molar-refractivity contribution is 7.93. The summed E-state index contributed by atoms with van der Waals surface area (Å²) >= 11 is 0. The molecule has 0 aliphatic carbocycles. The predicted octanol–water partition coefficient (Wildman–Crippen LogP) is -2.13. The van der Waals surface area contributed by atoms with E-state index in [-0.39, 0.29) is 6.42 Å². The molecule has 84 valence electrons. The van der Waals surface area contributed by atoms with Crippen molar-refractivity contribution < 1.29 is 23.1 Å². The lowest BCUT2D eigenvalue weighted by atomic mass is 9.98. The molecule has 0 aromatic carbocycles. The van der Waals surface area contributed by atoms with E-state index < -0.39 is 37.9 Å². The summed E-state index contributed by atoms with van der Waals surface area (Å²) in [6.45, 7) is 2.63. The van der Waals surface area contributed by atoms with Crippen LogP contribution >= 0.6 is 0 Å². The van der Waals surface area contributed by atoms with E-state index in [9.17, 15) is 23.1 Å². The number of nitrogens with zero attached hydrogens (tertiary/aromatic N) is 1. The fraction of sp³-hybridized carbons (Fsp3) is 0.750. The molecule has 15 heavy (non-hydrogen) atoms. The van der Waals surface area contributed by atoms with Crippen LogP contribution in [0, 0.1) is 0 Å². The molecule has 2 aliphatic heterocycles. The molecule has 0 aromatic rings. The molecular formula is C8H10NO5S-. The number of β-lactam (4-membered cyclic amide) rings is 1. The molecule has 2 aliphatic rings. The summed E-state index contributed by atoms with van der Waals surface area (Å²) < 4.78 is 22.2. The van der Waals surface area contributed by atoms with Crippen LogP contribution in [0.15, 0.2) is 0 Å². The Balaban J connectivity index is 2.57. The number of amides is 1. The van der Waals surface area contributed by atoms with Gasteiger partial charge in [0.25, 0.3) is 0 Å². The van der Waals surface area contributed by atoms with Gasteiger partial charge >= 0.3 is 0 Å². The van der Waals surface area contributed by atoms with Crippen molar-refractivity contribution in [2.75, 3.05) is 0 Å². The number of carbonyl (C=O) groups excluding carboxylic acids is 2. The van der Waals surface area contributed by atoms with Crippen molar-refractivity contribution in [1.29, 1.82) is 0 Å². The van der Waals surface area contributed by atoms with Gasteiger partial charge in [0.2, 0.25) is 5.91 Å². The molecule has 2 heterocycles. The maximum atomic E-state index is 11.9. The summed E-state index contributed by atoms with van der Waals surface area (Å²) in [7, 11) is -3.61. The van der Waals surface area contributed by atoms with E-state index in [1.807, 2.05) is 0 Å². The highest BCUT2D eigenvalue weighted by Gasteiger charge is 2.65. The summed E-state index contributed by atoms with van der Waals surface area (Å²) in [5, 5.41) is 9.90. The minimum absolute atomic E-state index is 0.116. The molecule has 1 unspecified atom stereocenters. The summed E-state index contributed by atoms with van der Waals surface area (Å²) in [5.74, 6) is -1.96. The van der Waals surface area contributed by atoms with Crippen molar-refractivity contribution in [2.45, 2.75) is 36.4 Å². The fourth-order valence-corrected chi connectivity index (χ4v) is 4.33. The van der Waals surface area contributed by atoms with Gasteiger partial charge in [0.05, 0.1) is 23.2 Å². The van der Waals surface area contributed by atoms with Gasteiger partial charge in [0, 0.05) is 0 Å². The number of rotatable bonds is 1. The van der Waals surface area contributed by atoms with Crippen LogP contribution in [0.3, 0.4) is 0 Å². The Kier molecular flexibility index (Phi) is 1.75. The number of carboxylic acids is 1. The third-order valence-corrected chi connectivity index (χ3v) is 6.00. The van der Waals surface area contributed by atoms with Crippen molar-refractivity contribution in [1.82, 2.24) is 4.90 Å². The van der Waals surface area contributed by atoms with E-state index in [0.717, 1.165) is 4.90 Å². The second-order valence-electron chi connectivity index (χ2n) is 4.33. The number of carboxylic acid groups (broad SMARTS) is 1. The second kappa shape index (κ2) is 2.52. The molecule has 2 atom stereocenters. The first-order valence-corrected chi connectivity index (χ1v) is 6.01. The molecule has 2 fully saturated rings. The van der Waals surface area contributed by atoms with Crippen LogP contribution in [-0.2, 0) is 19.4 Å². The van der Waals surface area contributed by atoms with E-state index in [0.29, 0.717) is 0 Å². The minimum atomic E-state index is -3.61. The van der Waals surface area contributed by atoms with Crippen LogP contribution in [0.25, 0.3) is 0 Å². The maximum absolute atomic E-state index is 11.9. The summed E-state index contributed by atoms with van der Waals surface area (Å²) in [6.07, 6.45) is -0.116. The van der Waals surface area contributed by atoms with Crippen molar-refractivity contribution in [3.05, 3.63) is 0 Å². The van der Waals surface area contributed by atoms with Gasteiger partial charge in [-0.2, -0.15) is 0 Å². The van der Waals surface area contributed by atoms with Crippen LogP contribution in [0.1, 0.15) is 20.3 Å². The zero-order valence-electron chi connectivity index (χ0n) is 8.26. The molecule has 0 aromatic heterocycles. The van der Waals surface area contributed by atoms with Gasteiger partial charge in [0.15, 0.2) is 9.84 Å². The van der Waals surface area contributed by atoms with E-state index in [1.165, 1.54) is 13.8 Å². The lowest BCUT2D eigenvalue weighted by Gasteiger charge is -2.37. The minimum Gasteiger partial charge on any atom is -0.548 e. The van der Waals surface area contributed by atoms with Crippen LogP contribution in [0.5, 0.6) is 0 Å². The zero-order chi connectivity index (χ0) is 11.6. The molecule has 2 saturated heterocycles. The van der Waals surface area contributed by atoms with Crippen molar-refractivity contribution in [3.63, 3.8) is 0 Å². The van der Waals surface area contributed by atoms with Crippen LogP contribution < -0.4 is 5.11 Å². The standard InChI is InChI=1S/C8H11NO5S/c1-8(2)6(7(11)12)9-4(10)3-5(9)15(8,13)14/h5-6H,3H2,1-2H3,(H,11,12)/p-1/t5?,6-/m0/s1. The van der Waals surface area contributed by atoms with Crippen LogP contribution in [0.2, 0.25) is 0 Å². The van der Waals surface area contributed by atoms with Crippen molar-refractivity contribution in [2.24, 2.45) is 0 Å². The predicted molar refractivity (Wildman–Crippen MR) is 47.0 cm³/mol. The Hall–Kier alpha value is -1.11. The van der Waals surface area contributed by atoms with Crippen LogP contribution in [0.4, 0.5) is 0 Å². The van der Waals surface area contributed by atoms with E-state index in [4.69, 9.17) is 0 Å². The van der Waals surface area contributed by atoms with E-state index in [2.05, 4.69) is 0 Å². The third kappa shape index (κ3) is 0.961. The fourth-order valence-electron chi connectivity index (χ4n) is 2.21. The normalized spacial score (nSPS) is 35.9.